The van der Waals surface area contributed by atoms with E-state index in [2.05, 4.69) is 0 Å². The van der Waals surface area contributed by atoms with Crippen molar-refractivity contribution in [2.45, 2.75) is 13.1 Å². The van der Waals surface area contributed by atoms with Crippen LogP contribution in [0.25, 0.3) is 0 Å². The van der Waals surface area contributed by atoms with Crippen LogP contribution in [0.3, 0.4) is 0 Å². The van der Waals surface area contributed by atoms with Gasteiger partial charge in [-0.1, -0.05) is 0 Å². The van der Waals surface area contributed by atoms with Gasteiger partial charge in [-0.2, -0.15) is 18.4 Å². The summed E-state index contributed by atoms with van der Waals surface area (Å²) in [5, 5.41) is 17.3. The van der Waals surface area contributed by atoms with Gasteiger partial charge < -0.3 is 5.11 Å². The fourth-order valence-electron chi connectivity index (χ4n) is 1.32. The number of rotatable bonds is 1. The number of aromatic carboxylic acids is 1. The molecule has 0 saturated heterocycles. The first-order valence-electron chi connectivity index (χ1n) is 4.12. The van der Waals surface area contributed by atoms with E-state index in [9.17, 15) is 18.0 Å². The molecular formula is C10H6F3NO2. The lowest BCUT2D eigenvalue weighted by Crippen LogP contribution is -2.10. The third-order valence-corrected chi connectivity index (χ3v) is 2.00. The average Bonchev–Trinajstić information content (AvgIpc) is 2.14. The Morgan fingerprint density at radius 3 is 2.38 bits per heavy atom. The normalized spacial score (nSPS) is 10.9. The van der Waals surface area contributed by atoms with Gasteiger partial charge in [0.1, 0.15) is 6.07 Å². The van der Waals surface area contributed by atoms with Crippen molar-refractivity contribution >= 4 is 5.97 Å². The lowest BCUT2D eigenvalue weighted by molar-refractivity contribution is -0.137. The molecule has 1 aromatic carbocycles. The molecule has 84 valence electrons. The van der Waals surface area contributed by atoms with Crippen molar-refractivity contribution in [3.05, 3.63) is 34.4 Å². The molecule has 1 rings (SSSR count). The molecular weight excluding hydrogens is 223 g/mol. The van der Waals surface area contributed by atoms with E-state index >= 15 is 0 Å². The van der Waals surface area contributed by atoms with E-state index < -0.39 is 28.8 Å². The highest BCUT2D eigenvalue weighted by Crippen LogP contribution is 2.31. The molecule has 16 heavy (non-hydrogen) atoms. The second-order valence-electron chi connectivity index (χ2n) is 3.13. The number of aryl methyl sites for hydroxylation is 1. The minimum atomic E-state index is -4.59. The van der Waals surface area contributed by atoms with Crippen LogP contribution in [0.1, 0.15) is 27.0 Å². The van der Waals surface area contributed by atoms with Crippen LogP contribution in [-0.4, -0.2) is 11.1 Å². The van der Waals surface area contributed by atoms with Crippen molar-refractivity contribution in [2.24, 2.45) is 0 Å². The van der Waals surface area contributed by atoms with E-state index in [1.165, 1.54) is 13.0 Å². The van der Waals surface area contributed by atoms with Crippen molar-refractivity contribution < 1.29 is 23.1 Å². The average molecular weight is 229 g/mol. The lowest BCUT2D eigenvalue weighted by atomic mass is 9.99. The van der Waals surface area contributed by atoms with Gasteiger partial charge in [0.05, 0.1) is 16.7 Å². The SMILES string of the molecule is Cc1cc(C(F)(F)F)cc(C#N)c1C(=O)O. The molecule has 3 nitrogen and oxygen atoms in total. The van der Waals surface area contributed by atoms with Crippen LogP contribution < -0.4 is 0 Å². The van der Waals surface area contributed by atoms with Crippen LogP contribution in [0.2, 0.25) is 0 Å². The molecule has 0 fully saturated rings. The first-order chi connectivity index (χ1) is 7.27. The number of alkyl halides is 3. The van der Waals surface area contributed by atoms with E-state index in [-0.39, 0.29) is 5.56 Å². The van der Waals surface area contributed by atoms with Gasteiger partial charge in [-0.3, -0.25) is 0 Å². The summed E-state index contributed by atoms with van der Waals surface area (Å²) in [5.41, 5.74) is -1.99. The Bertz CT molecular complexity index is 486. The van der Waals surface area contributed by atoms with Gasteiger partial charge in [-0.15, -0.1) is 0 Å². The Balaban J connectivity index is 3.52. The number of carboxylic acids is 1. The Morgan fingerprint density at radius 2 is 2.00 bits per heavy atom. The van der Waals surface area contributed by atoms with Crippen LogP contribution in [0.5, 0.6) is 0 Å². The smallest absolute Gasteiger partial charge is 0.416 e. The molecule has 0 aliphatic carbocycles. The van der Waals surface area contributed by atoms with E-state index in [0.29, 0.717) is 12.1 Å². The van der Waals surface area contributed by atoms with Gasteiger partial charge >= 0.3 is 12.1 Å². The zero-order valence-corrected chi connectivity index (χ0v) is 8.09. The summed E-state index contributed by atoms with van der Waals surface area (Å²) < 4.78 is 37.1. The number of hydrogen-bond donors (Lipinski definition) is 1. The maximum Gasteiger partial charge on any atom is 0.416 e. The van der Waals surface area contributed by atoms with Crippen LogP contribution >= 0.6 is 0 Å². The molecule has 0 spiro atoms. The third-order valence-electron chi connectivity index (χ3n) is 2.00. The number of carbonyl (C=O) groups is 1. The molecule has 0 radical (unpaired) electrons. The Hall–Kier alpha value is -2.03. The number of halogens is 3. The fraction of sp³-hybridized carbons (Fsp3) is 0.200. The van der Waals surface area contributed by atoms with Gasteiger partial charge in [0, 0.05) is 0 Å². The van der Waals surface area contributed by atoms with Crippen LogP contribution in [0.15, 0.2) is 12.1 Å². The predicted octanol–water partition coefficient (Wildman–Crippen LogP) is 2.58. The summed E-state index contributed by atoms with van der Waals surface area (Å²) in [6.07, 6.45) is -4.59. The number of hydrogen-bond acceptors (Lipinski definition) is 2. The predicted molar refractivity (Wildman–Crippen MR) is 47.9 cm³/mol. The minimum absolute atomic E-state index is 0.0844. The highest BCUT2D eigenvalue weighted by Gasteiger charge is 2.32. The lowest BCUT2D eigenvalue weighted by Gasteiger charge is -2.10. The minimum Gasteiger partial charge on any atom is -0.478 e. The number of nitriles is 1. The summed E-state index contributed by atoms with van der Waals surface area (Å²) in [4.78, 5) is 10.7. The second kappa shape index (κ2) is 3.85. The third kappa shape index (κ3) is 2.14. The summed E-state index contributed by atoms with van der Waals surface area (Å²) in [7, 11) is 0. The van der Waals surface area contributed by atoms with Gasteiger partial charge in [0.15, 0.2) is 0 Å². The van der Waals surface area contributed by atoms with Gasteiger partial charge in [0.2, 0.25) is 0 Å². The standard InChI is InChI=1S/C10H6F3NO2/c1-5-2-7(10(11,12)13)3-6(4-14)8(5)9(15)16/h2-3H,1H3,(H,15,16). The van der Waals surface area contributed by atoms with E-state index in [0.717, 1.165) is 0 Å². The summed E-state index contributed by atoms with van der Waals surface area (Å²) in [5.74, 6) is -1.41. The highest BCUT2D eigenvalue weighted by atomic mass is 19.4. The van der Waals surface area contributed by atoms with Gasteiger partial charge in [-0.25, -0.2) is 4.79 Å². The molecule has 0 atom stereocenters. The maximum atomic E-state index is 12.4. The van der Waals surface area contributed by atoms with Crippen LogP contribution in [0.4, 0.5) is 13.2 Å². The van der Waals surface area contributed by atoms with Crippen molar-refractivity contribution in [1.82, 2.24) is 0 Å². The summed E-state index contributed by atoms with van der Waals surface area (Å²) in [6.45, 7) is 1.22. The van der Waals surface area contributed by atoms with Crippen molar-refractivity contribution in [1.29, 1.82) is 5.26 Å². The van der Waals surface area contributed by atoms with E-state index in [4.69, 9.17) is 10.4 Å². The van der Waals surface area contributed by atoms with Crippen LogP contribution in [0, 0.1) is 18.3 Å². The van der Waals surface area contributed by atoms with Crippen molar-refractivity contribution in [2.75, 3.05) is 0 Å². The molecule has 0 heterocycles. The highest BCUT2D eigenvalue weighted by molar-refractivity contribution is 5.92. The number of benzene rings is 1. The Morgan fingerprint density at radius 1 is 1.44 bits per heavy atom. The summed E-state index contributed by atoms with van der Waals surface area (Å²) >= 11 is 0. The molecule has 0 unspecified atom stereocenters. The largest absolute Gasteiger partial charge is 0.478 e. The topological polar surface area (TPSA) is 61.1 Å². The monoisotopic (exact) mass is 229 g/mol. The molecule has 0 amide bonds. The molecule has 1 aromatic rings. The maximum absolute atomic E-state index is 12.4. The molecule has 0 saturated carbocycles. The number of nitrogens with zero attached hydrogens (tertiary/aromatic N) is 1. The van der Waals surface area contributed by atoms with Crippen LogP contribution in [-0.2, 0) is 6.18 Å². The van der Waals surface area contributed by atoms with E-state index in [1.54, 1.807) is 0 Å². The molecule has 0 aromatic heterocycles. The second-order valence-corrected chi connectivity index (χ2v) is 3.13. The number of carboxylic acid groups (broad SMARTS) is 1. The first-order valence-corrected chi connectivity index (χ1v) is 4.12. The van der Waals surface area contributed by atoms with Crippen molar-refractivity contribution in [3.63, 3.8) is 0 Å². The van der Waals surface area contributed by atoms with E-state index in [1.807, 2.05) is 0 Å². The van der Waals surface area contributed by atoms with Crippen molar-refractivity contribution in [3.8, 4) is 6.07 Å². The Labute approximate surface area is 88.7 Å². The zero-order chi connectivity index (χ0) is 12.5. The zero-order valence-electron chi connectivity index (χ0n) is 8.09. The Kier molecular flexibility index (Phi) is 2.90. The molecule has 0 bridgehead atoms. The summed E-state index contributed by atoms with van der Waals surface area (Å²) in [6, 6.07) is 2.70. The molecule has 0 aliphatic rings. The molecule has 1 N–H and O–H groups in total. The first kappa shape index (κ1) is 12.0. The van der Waals surface area contributed by atoms with Gasteiger partial charge in [-0.05, 0) is 24.6 Å². The molecule has 6 heteroatoms. The fourth-order valence-corrected chi connectivity index (χ4v) is 1.32. The van der Waals surface area contributed by atoms with Gasteiger partial charge in [0.25, 0.3) is 0 Å². The molecule has 0 aliphatic heterocycles. The quantitative estimate of drug-likeness (QED) is 0.804.